The Morgan fingerprint density at radius 1 is 1.28 bits per heavy atom. The first kappa shape index (κ1) is 15.7. The normalized spacial score (nSPS) is 13.2. The Bertz CT molecular complexity index is 318. The second kappa shape index (κ2) is 8.68. The van der Waals surface area contributed by atoms with E-state index in [2.05, 4.69) is 50.0 Å². The van der Waals surface area contributed by atoms with Gasteiger partial charge < -0.3 is 10.2 Å². The van der Waals surface area contributed by atoms with E-state index in [4.69, 9.17) is 0 Å². The molecule has 1 heterocycles. The summed E-state index contributed by atoms with van der Waals surface area (Å²) in [5.41, 5.74) is 0. The number of hydrogen-bond acceptors (Lipinski definition) is 3. The summed E-state index contributed by atoms with van der Waals surface area (Å²) in [6.07, 6.45) is 2.56. The molecule has 0 spiro atoms. The lowest BCUT2D eigenvalue weighted by atomic mass is 10.1. The smallest absolute Gasteiger partial charge is 0.0302 e. The predicted octanol–water partition coefficient (Wildman–Crippen LogP) is 3.66. The Kier molecular flexibility index (Phi) is 7.56. The first-order chi connectivity index (χ1) is 8.65. The van der Waals surface area contributed by atoms with E-state index < -0.39 is 0 Å². The summed E-state index contributed by atoms with van der Waals surface area (Å²) in [6, 6.07) is 5.05. The highest BCUT2D eigenvalue weighted by atomic mass is 32.1. The Labute approximate surface area is 116 Å². The summed E-state index contributed by atoms with van der Waals surface area (Å²) in [7, 11) is 0. The van der Waals surface area contributed by atoms with Crippen molar-refractivity contribution in [3.05, 3.63) is 21.9 Å². The molecule has 0 bridgehead atoms. The van der Waals surface area contributed by atoms with Gasteiger partial charge in [-0.25, -0.2) is 0 Å². The summed E-state index contributed by atoms with van der Waals surface area (Å²) >= 11 is 1.89. The lowest BCUT2D eigenvalue weighted by Gasteiger charge is -2.19. The fourth-order valence-corrected chi connectivity index (χ4v) is 2.96. The number of rotatable bonds is 9. The molecular formula is C15H28N2S. The Balaban J connectivity index is 2.12. The van der Waals surface area contributed by atoms with Crippen LogP contribution in [-0.4, -0.2) is 30.6 Å². The van der Waals surface area contributed by atoms with E-state index in [-0.39, 0.29) is 0 Å². The highest BCUT2D eigenvalue weighted by molar-refractivity contribution is 7.11. The van der Waals surface area contributed by atoms with Gasteiger partial charge in [-0.15, -0.1) is 11.3 Å². The highest BCUT2D eigenvalue weighted by Gasteiger charge is 2.04. The fraction of sp³-hybridized carbons (Fsp3) is 0.733. The Hall–Kier alpha value is -0.380. The number of aryl methyl sites for hydroxylation is 1. The molecule has 104 valence electrons. The first-order valence-corrected chi connectivity index (χ1v) is 7.98. The van der Waals surface area contributed by atoms with Gasteiger partial charge in [-0.1, -0.05) is 13.8 Å². The third-order valence-electron chi connectivity index (χ3n) is 3.43. The van der Waals surface area contributed by atoms with E-state index in [0.717, 1.165) is 6.54 Å². The van der Waals surface area contributed by atoms with Gasteiger partial charge in [0, 0.05) is 22.3 Å². The van der Waals surface area contributed by atoms with Crippen molar-refractivity contribution in [3.63, 3.8) is 0 Å². The largest absolute Gasteiger partial charge is 0.309 e. The average molecular weight is 268 g/mol. The summed E-state index contributed by atoms with van der Waals surface area (Å²) in [4.78, 5) is 5.35. The van der Waals surface area contributed by atoms with Crippen molar-refractivity contribution in [1.29, 1.82) is 0 Å². The summed E-state index contributed by atoms with van der Waals surface area (Å²) in [6.45, 7) is 13.5. The van der Waals surface area contributed by atoms with Crippen LogP contribution in [0.5, 0.6) is 0 Å². The average Bonchev–Trinajstić information content (AvgIpc) is 2.78. The molecule has 18 heavy (non-hydrogen) atoms. The maximum absolute atomic E-state index is 3.61. The van der Waals surface area contributed by atoms with Gasteiger partial charge >= 0.3 is 0 Å². The van der Waals surface area contributed by atoms with Gasteiger partial charge in [0.15, 0.2) is 0 Å². The lowest BCUT2D eigenvalue weighted by Crippen LogP contribution is -2.28. The molecule has 0 saturated carbocycles. The van der Waals surface area contributed by atoms with Gasteiger partial charge in [0.2, 0.25) is 0 Å². The molecule has 1 rings (SSSR count). The molecule has 2 nitrogen and oxygen atoms in total. The van der Waals surface area contributed by atoms with Crippen LogP contribution in [0.1, 0.15) is 43.4 Å². The molecule has 1 unspecified atom stereocenters. The van der Waals surface area contributed by atoms with Crippen molar-refractivity contribution in [3.8, 4) is 0 Å². The van der Waals surface area contributed by atoms with E-state index in [1.807, 2.05) is 11.3 Å². The van der Waals surface area contributed by atoms with E-state index in [0.29, 0.717) is 6.04 Å². The van der Waals surface area contributed by atoms with Gasteiger partial charge in [-0.2, -0.15) is 0 Å². The van der Waals surface area contributed by atoms with Gasteiger partial charge in [0.25, 0.3) is 0 Å². The van der Waals surface area contributed by atoms with Gasteiger partial charge in [-0.3, -0.25) is 0 Å². The van der Waals surface area contributed by atoms with Gasteiger partial charge in [-0.05, 0) is 58.5 Å². The lowest BCUT2D eigenvalue weighted by molar-refractivity contribution is 0.290. The van der Waals surface area contributed by atoms with Crippen molar-refractivity contribution in [1.82, 2.24) is 10.2 Å². The monoisotopic (exact) mass is 268 g/mol. The number of thiophene rings is 1. The van der Waals surface area contributed by atoms with Crippen LogP contribution in [0.4, 0.5) is 0 Å². The molecule has 1 atom stereocenters. The molecule has 0 aliphatic heterocycles. The quantitative estimate of drug-likeness (QED) is 0.735. The number of nitrogens with one attached hydrogen (secondary N) is 1. The van der Waals surface area contributed by atoms with Gasteiger partial charge in [0.05, 0.1) is 0 Å². The maximum atomic E-state index is 3.61. The van der Waals surface area contributed by atoms with Crippen molar-refractivity contribution in [2.24, 2.45) is 0 Å². The second-order valence-corrected chi connectivity index (χ2v) is 6.34. The minimum atomic E-state index is 0.614. The third kappa shape index (κ3) is 5.98. The summed E-state index contributed by atoms with van der Waals surface area (Å²) in [5, 5.41) is 3.61. The molecular weight excluding hydrogens is 240 g/mol. The standard InChI is InChI=1S/C15H28N2S/c1-5-17(6-2)11-7-8-13(3)16-12-15-10-9-14(4)18-15/h9-10,13,16H,5-8,11-12H2,1-4H3. The molecule has 0 aromatic carbocycles. The van der Waals surface area contributed by atoms with Crippen LogP contribution in [0.15, 0.2) is 12.1 Å². The topological polar surface area (TPSA) is 15.3 Å². The highest BCUT2D eigenvalue weighted by Crippen LogP contribution is 2.14. The summed E-state index contributed by atoms with van der Waals surface area (Å²) < 4.78 is 0. The zero-order chi connectivity index (χ0) is 13.4. The fourth-order valence-electron chi connectivity index (χ4n) is 2.12. The first-order valence-electron chi connectivity index (χ1n) is 7.16. The van der Waals surface area contributed by atoms with Crippen molar-refractivity contribution >= 4 is 11.3 Å². The zero-order valence-electron chi connectivity index (χ0n) is 12.3. The van der Waals surface area contributed by atoms with Crippen LogP contribution in [0.25, 0.3) is 0 Å². The van der Waals surface area contributed by atoms with Crippen LogP contribution in [-0.2, 0) is 6.54 Å². The SMILES string of the molecule is CCN(CC)CCCC(C)NCc1ccc(C)s1. The van der Waals surface area contributed by atoms with Crippen LogP contribution in [0.2, 0.25) is 0 Å². The minimum Gasteiger partial charge on any atom is -0.309 e. The van der Waals surface area contributed by atoms with Gasteiger partial charge in [0.1, 0.15) is 0 Å². The molecule has 1 aromatic rings. The molecule has 1 aromatic heterocycles. The molecule has 0 amide bonds. The van der Waals surface area contributed by atoms with Crippen LogP contribution < -0.4 is 5.32 Å². The number of nitrogens with zero attached hydrogens (tertiary/aromatic N) is 1. The second-order valence-electron chi connectivity index (χ2n) is 4.96. The minimum absolute atomic E-state index is 0.614. The Morgan fingerprint density at radius 3 is 2.56 bits per heavy atom. The van der Waals surface area contributed by atoms with E-state index in [1.165, 1.54) is 42.2 Å². The number of hydrogen-bond donors (Lipinski definition) is 1. The molecule has 1 N–H and O–H groups in total. The van der Waals surface area contributed by atoms with E-state index >= 15 is 0 Å². The van der Waals surface area contributed by atoms with Crippen molar-refractivity contribution in [2.75, 3.05) is 19.6 Å². The zero-order valence-corrected chi connectivity index (χ0v) is 13.1. The molecule has 0 saturated heterocycles. The van der Waals surface area contributed by atoms with Crippen molar-refractivity contribution in [2.45, 2.75) is 53.1 Å². The molecule has 0 radical (unpaired) electrons. The summed E-state index contributed by atoms with van der Waals surface area (Å²) in [5.74, 6) is 0. The third-order valence-corrected chi connectivity index (χ3v) is 4.43. The van der Waals surface area contributed by atoms with Crippen molar-refractivity contribution < 1.29 is 0 Å². The maximum Gasteiger partial charge on any atom is 0.0302 e. The van der Waals surface area contributed by atoms with E-state index in [9.17, 15) is 0 Å². The molecule has 0 fully saturated rings. The Morgan fingerprint density at radius 2 is 2.00 bits per heavy atom. The van der Waals surface area contributed by atoms with Crippen LogP contribution >= 0.6 is 11.3 Å². The van der Waals surface area contributed by atoms with Crippen LogP contribution in [0.3, 0.4) is 0 Å². The molecule has 0 aliphatic carbocycles. The van der Waals surface area contributed by atoms with Crippen LogP contribution in [0, 0.1) is 6.92 Å². The predicted molar refractivity (Wildman–Crippen MR) is 82.4 cm³/mol. The molecule has 0 aliphatic rings. The molecule has 3 heteroatoms. The van der Waals surface area contributed by atoms with E-state index in [1.54, 1.807) is 0 Å².